The monoisotopic (exact) mass is 422 g/mol. The van der Waals surface area contributed by atoms with E-state index >= 15 is 0 Å². The van der Waals surface area contributed by atoms with E-state index in [2.05, 4.69) is 5.32 Å². The zero-order valence-corrected chi connectivity index (χ0v) is 16.6. The Kier molecular flexibility index (Phi) is 5.67. The molecule has 4 rings (SSSR count). The quantitative estimate of drug-likeness (QED) is 0.564. The van der Waals surface area contributed by atoms with Gasteiger partial charge in [-0.15, -0.1) is 0 Å². The van der Waals surface area contributed by atoms with E-state index in [9.17, 15) is 19.2 Å². The fourth-order valence-corrected chi connectivity index (χ4v) is 4.33. The highest BCUT2D eigenvalue weighted by atomic mass is 32.2. The number of hydrogen-bond acceptors (Lipinski definition) is 6. The molecule has 8 heteroatoms. The Labute approximate surface area is 177 Å². The molecule has 0 aromatic heterocycles. The summed E-state index contributed by atoms with van der Waals surface area (Å²) in [5.74, 6) is -1.51. The van der Waals surface area contributed by atoms with Crippen molar-refractivity contribution >= 4 is 34.7 Å². The summed E-state index contributed by atoms with van der Waals surface area (Å²) in [5, 5.41) is 1.65. The highest BCUT2D eigenvalue weighted by molar-refractivity contribution is 8.14. The standard InChI is InChI=1S/C22H18N2O5S/c25-17(11-14-7-3-1-4-8-14)23-19-20(27)24-16(12-18(26)30-21(19)24)22(28)29-13-15-9-5-2-6-10-15/h1-10,12,19,21H,11,13H2,(H,23,25)/t19-,21+/m1/s1. The lowest BCUT2D eigenvalue weighted by Gasteiger charge is -2.47. The Hall–Kier alpha value is -3.39. The van der Waals surface area contributed by atoms with E-state index < -0.39 is 23.3 Å². The predicted molar refractivity (Wildman–Crippen MR) is 110 cm³/mol. The first-order valence-corrected chi connectivity index (χ1v) is 10.2. The predicted octanol–water partition coefficient (Wildman–Crippen LogP) is 1.78. The fourth-order valence-electron chi connectivity index (χ4n) is 3.27. The molecule has 0 bridgehead atoms. The van der Waals surface area contributed by atoms with E-state index in [1.54, 1.807) is 12.1 Å². The first kappa shape index (κ1) is 19.9. The molecule has 2 aromatic rings. The summed E-state index contributed by atoms with van der Waals surface area (Å²) in [7, 11) is 0. The smallest absolute Gasteiger partial charge is 0.355 e. The number of carbonyl (C=O) groups excluding carboxylic acids is 4. The summed E-state index contributed by atoms with van der Waals surface area (Å²) in [5.41, 5.74) is 1.51. The van der Waals surface area contributed by atoms with Gasteiger partial charge in [-0.2, -0.15) is 0 Å². The minimum atomic E-state index is -0.860. The molecule has 0 aliphatic carbocycles. The molecule has 2 atom stereocenters. The van der Waals surface area contributed by atoms with Gasteiger partial charge in [-0.25, -0.2) is 4.79 Å². The van der Waals surface area contributed by atoms with Crippen molar-refractivity contribution in [3.05, 3.63) is 83.6 Å². The topological polar surface area (TPSA) is 92.8 Å². The van der Waals surface area contributed by atoms with Crippen molar-refractivity contribution in [2.75, 3.05) is 0 Å². The number of rotatable bonds is 6. The summed E-state index contributed by atoms with van der Waals surface area (Å²) in [6, 6.07) is 17.4. The van der Waals surface area contributed by atoms with Gasteiger partial charge in [-0.1, -0.05) is 72.4 Å². The Morgan fingerprint density at radius 1 is 0.967 bits per heavy atom. The van der Waals surface area contributed by atoms with E-state index in [1.165, 1.54) is 4.90 Å². The molecule has 2 amide bonds. The van der Waals surface area contributed by atoms with Crippen molar-refractivity contribution in [2.24, 2.45) is 0 Å². The van der Waals surface area contributed by atoms with E-state index in [-0.39, 0.29) is 29.7 Å². The number of esters is 1. The molecule has 2 aliphatic heterocycles. The van der Waals surface area contributed by atoms with Crippen molar-refractivity contribution in [3.8, 4) is 0 Å². The van der Waals surface area contributed by atoms with Crippen LogP contribution in [0.25, 0.3) is 0 Å². The van der Waals surface area contributed by atoms with Gasteiger partial charge in [0.25, 0.3) is 5.91 Å². The maximum absolute atomic E-state index is 12.6. The van der Waals surface area contributed by atoms with Crippen LogP contribution in [0, 0.1) is 0 Å². The molecular weight excluding hydrogens is 404 g/mol. The minimum absolute atomic E-state index is 0.0300. The molecule has 30 heavy (non-hydrogen) atoms. The first-order chi connectivity index (χ1) is 14.5. The highest BCUT2D eigenvalue weighted by Crippen LogP contribution is 2.38. The van der Waals surface area contributed by atoms with Gasteiger partial charge in [0.1, 0.15) is 23.7 Å². The SMILES string of the molecule is O=C(Cc1ccccc1)N[C@@H]1C(=O)N2C(C(=O)OCc3ccccc3)=CC(=O)S[C@@H]12. The second-order valence-electron chi connectivity index (χ2n) is 6.83. The summed E-state index contributed by atoms with van der Waals surface area (Å²) in [6.07, 6.45) is 1.23. The third-order valence-corrected chi connectivity index (χ3v) is 5.81. The van der Waals surface area contributed by atoms with Crippen LogP contribution in [0.4, 0.5) is 0 Å². The molecular formula is C22H18N2O5S. The molecule has 0 spiro atoms. The molecule has 0 unspecified atom stereocenters. The number of benzene rings is 2. The Morgan fingerprint density at radius 2 is 1.60 bits per heavy atom. The summed E-state index contributed by atoms with van der Waals surface area (Å²) in [4.78, 5) is 50.7. The number of β-lactam (4-membered cyclic amide) rings is 1. The van der Waals surface area contributed by atoms with Gasteiger partial charge in [0.05, 0.1) is 6.42 Å². The third-order valence-electron chi connectivity index (χ3n) is 4.74. The molecule has 7 nitrogen and oxygen atoms in total. The van der Waals surface area contributed by atoms with Gasteiger partial charge < -0.3 is 10.1 Å². The fraction of sp³-hybridized carbons (Fsp3) is 0.182. The van der Waals surface area contributed by atoms with Crippen molar-refractivity contribution in [1.82, 2.24) is 10.2 Å². The average molecular weight is 422 g/mol. The van der Waals surface area contributed by atoms with Crippen molar-refractivity contribution in [2.45, 2.75) is 24.4 Å². The van der Waals surface area contributed by atoms with Crippen LogP contribution >= 0.6 is 11.8 Å². The van der Waals surface area contributed by atoms with Crippen LogP contribution < -0.4 is 5.32 Å². The number of hydrogen-bond donors (Lipinski definition) is 1. The van der Waals surface area contributed by atoms with Crippen LogP contribution in [0.2, 0.25) is 0 Å². The molecule has 1 N–H and O–H groups in total. The van der Waals surface area contributed by atoms with Crippen LogP contribution in [-0.4, -0.2) is 39.2 Å². The third kappa shape index (κ3) is 4.13. The molecule has 2 heterocycles. The van der Waals surface area contributed by atoms with Crippen LogP contribution in [0.3, 0.4) is 0 Å². The highest BCUT2D eigenvalue weighted by Gasteiger charge is 2.54. The maximum Gasteiger partial charge on any atom is 0.355 e. The molecule has 2 aliphatic rings. The molecule has 152 valence electrons. The average Bonchev–Trinajstić information content (AvgIpc) is 2.76. The Bertz CT molecular complexity index is 1020. The van der Waals surface area contributed by atoms with Crippen molar-refractivity contribution in [3.63, 3.8) is 0 Å². The number of amides is 2. The van der Waals surface area contributed by atoms with Crippen molar-refractivity contribution < 1.29 is 23.9 Å². The van der Waals surface area contributed by atoms with Crippen LogP contribution in [0.1, 0.15) is 11.1 Å². The first-order valence-electron chi connectivity index (χ1n) is 9.32. The second-order valence-corrected chi connectivity index (χ2v) is 7.96. The lowest BCUT2D eigenvalue weighted by Crippen LogP contribution is -2.70. The lowest BCUT2D eigenvalue weighted by atomic mass is 10.0. The second kappa shape index (κ2) is 8.54. The van der Waals surface area contributed by atoms with E-state index in [1.807, 2.05) is 48.5 Å². The molecule has 2 aromatic carbocycles. The lowest BCUT2D eigenvalue weighted by molar-refractivity contribution is -0.153. The van der Waals surface area contributed by atoms with Crippen LogP contribution in [0.15, 0.2) is 72.4 Å². The van der Waals surface area contributed by atoms with E-state index in [0.717, 1.165) is 29.0 Å². The number of carbonyl (C=O) groups is 4. The molecule has 1 saturated heterocycles. The Morgan fingerprint density at radius 3 is 2.27 bits per heavy atom. The van der Waals surface area contributed by atoms with Crippen molar-refractivity contribution in [1.29, 1.82) is 0 Å². The van der Waals surface area contributed by atoms with Crippen LogP contribution in [-0.2, 0) is 36.9 Å². The zero-order valence-electron chi connectivity index (χ0n) is 15.8. The van der Waals surface area contributed by atoms with E-state index in [4.69, 9.17) is 4.74 Å². The van der Waals surface area contributed by atoms with Gasteiger partial charge in [0.2, 0.25) is 11.0 Å². The van der Waals surface area contributed by atoms with Gasteiger partial charge in [-0.05, 0) is 11.1 Å². The zero-order chi connectivity index (χ0) is 21.1. The largest absolute Gasteiger partial charge is 0.456 e. The number of nitrogens with one attached hydrogen (secondary N) is 1. The number of nitrogens with zero attached hydrogens (tertiary/aromatic N) is 1. The summed E-state index contributed by atoms with van der Waals surface area (Å²) >= 11 is 0.899. The molecule has 1 fully saturated rings. The minimum Gasteiger partial charge on any atom is -0.456 e. The summed E-state index contributed by atoms with van der Waals surface area (Å²) in [6.45, 7) is 0.0300. The van der Waals surface area contributed by atoms with Gasteiger partial charge >= 0.3 is 5.97 Å². The van der Waals surface area contributed by atoms with Gasteiger partial charge in [-0.3, -0.25) is 19.3 Å². The normalized spacial score (nSPS) is 20.0. The van der Waals surface area contributed by atoms with Gasteiger partial charge in [0.15, 0.2) is 0 Å². The number of thioether (sulfide) groups is 1. The number of fused-ring (bicyclic) bond motifs is 1. The maximum atomic E-state index is 12.6. The van der Waals surface area contributed by atoms with Crippen LogP contribution in [0.5, 0.6) is 0 Å². The van der Waals surface area contributed by atoms with E-state index in [0.29, 0.717) is 0 Å². The summed E-state index contributed by atoms with van der Waals surface area (Å²) < 4.78 is 5.26. The Balaban J connectivity index is 1.39. The number of ether oxygens (including phenoxy) is 1. The van der Waals surface area contributed by atoms with Gasteiger partial charge in [0, 0.05) is 6.08 Å². The molecule has 0 saturated carbocycles. The molecule has 0 radical (unpaired) electrons.